The lowest BCUT2D eigenvalue weighted by Crippen LogP contribution is -2.10. The van der Waals surface area contributed by atoms with Crippen molar-refractivity contribution < 1.29 is 4.79 Å². The van der Waals surface area contributed by atoms with Crippen LogP contribution in [0.15, 0.2) is 54.7 Å². The Labute approximate surface area is 120 Å². The third kappa shape index (κ3) is 2.03. The van der Waals surface area contributed by atoms with Crippen LogP contribution in [0, 0.1) is 0 Å². The maximum atomic E-state index is 12.4. The van der Waals surface area contributed by atoms with Crippen molar-refractivity contribution in [3.63, 3.8) is 0 Å². The molecule has 0 saturated heterocycles. The van der Waals surface area contributed by atoms with E-state index in [9.17, 15) is 4.79 Å². The highest BCUT2D eigenvalue weighted by atomic mass is 35.5. The van der Waals surface area contributed by atoms with Crippen LogP contribution in [-0.2, 0) is 0 Å². The molecule has 0 N–H and O–H groups in total. The first kappa shape index (κ1) is 12.3. The number of carbonyl (C=O) groups excluding carboxylic acids is 1. The molecule has 0 amide bonds. The van der Waals surface area contributed by atoms with Crippen LogP contribution in [-0.4, -0.2) is 10.5 Å². The zero-order chi connectivity index (χ0) is 13.4. The maximum absolute atomic E-state index is 12.4. The Hall–Kier alpha value is -1.77. The molecule has 0 atom stereocenters. The fourth-order valence-electron chi connectivity index (χ4n) is 2.07. The fraction of sp³-hybridized carbons (Fsp3) is 0. The Morgan fingerprint density at radius 1 is 0.895 bits per heavy atom. The van der Waals surface area contributed by atoms with Crippen molar-refractivity contribution >= 4 is 40.0 Å². The average molecular weight is 290 g/mol. The predicted octanol–water partition coefficient (Wildman–Crippen LogP) is 4.64. The van der Waals surface area contributed by atoms with Gasteiger partial charge in [0, 0.05) is 17.1 Å². The van der Waals surface area contributed by atoms with Crippen molar-refractivity contribution in [2.75, 3.05) is 0 Å². The van der Waals surface area contributed by atoms with Crippen molar-refractivity contribution in [3.8, 4) is 0 Å². The van der Waals surface area contributed by atoms with E-state index in [4.69, 9.17) is 23.2 Å². The number of rotatable bonds is 1. The Morgan fingerprint density at radius 3 is 2.32 bits per heavy atom. The lowest BCUT2D eigenvalue weighted by atomic mass is 10.2. The lowest BCUT2D eigenvalue weighted by molar-refractivity contribution is 0.0965. The summed E-state index contributed by atoms with van der Waals surface area (Å²) in [5.41, 5.74) is 1.25. The summed E-state index contributed by atoms with van der Waals surface area (Å²) in [5, 5.41) is 1.87. The average Bonchev–Trinajstić information content (AvgIpc) is 2.89. The summed E-state index contributed by atoms with van der Waals surface area (Å²) in [6, 6.07) is 14.3. The van der Waals surface area contributed by atoms with Crippen LogP contribution in [0.2, 0.25) is 10.0 Å². The highest BCUT2D eigenvalue weighted by molar-refractivity contribution is 6.40. The SMILES string of the molecule is O=C(c1ccccc1)n1ccc2c(Cl)ccc(Cl)c21. The molecule has 1 aromatic heterocycles. The van der Waals surface area contributed by atoms with E-state index in [0.29, 0.717) is 21.1 Å². The summed E-state index contributed by atoms with van der Waals surface area (Å²) in [7, 11) is 0. The molecule has 4 heteroatoms. The summed E-state index contributed by atoms with van der Waals surface area (Å²) in [5.74, 6) is -0.125. The Balaban J connectivity index is 2.22. The monoisotopic (exact) mass is 289 g/mol. The summed E-state index contributed by atoms with van der Waals surface area (Å²) in [6.07, 6.45) is 1.69. The van der Waals surface area contributed by atoms with E-state index in [0.717, 1.165) is 5.39 Å². The van der Waals surface area contributed by atoms with Crippen molar-refractivity contribution in [1.82, 2.24) is 4.57 Å². The van der Waals surface area contributed by atoms with E-state index in [1.807, 2.05) is 18.2 Å². The number of aromatic nitrogens is 1. The smallest absolute Gasteiger partial charge is 0.262 e. The molecule has 0 saturated carbocycles. The molecule has 0 radical (unpaired) electrons. The minimum absolute atomic E-state index is 0.125. The van der Waals surface area contributed by atoms with E-state index < -0.39 is 0 Å². The number of hydrogen-bond donors (Lipinski definition) is 0. The minimum Gasteiger partial charge on any atom is -0.282 e. The number of nitrogens with zero attached hydrogens (tertiary/aromatic N) is 1. The fourth-order valence-corrected chi connectivity index (χ4v) is 2.54. The molecule has 3 aromatic rings. The van der Waals surface area contributed by atoms with Gasteiger partial charge in [0.25, 0.3) is 5.91 Å². The minimum atomic E-state index is -0.125. The van der Waals surface area contributed by atoms with Gasteiger partial charge in [-0.3, -0.25) is 9.36 Å². The number of fused-ring (bicyclic) bond motifs is 1. The standard InChI is InChI=1S/C15H9Cl2NO/c16-12-6-7-13(17)14-11(12)8-9-18(14)15(19)10-4-2-1-3-5-10/h1-9H. The van der Waals surface area contributed by atoms with Crippen LogP contribution in [0.4, 0.5) is 0 Å². The van der Waals surface area contributed by atoms with E-state index >= 15 is 0 Å². The molecule has 1 heterocycles. The van der Waals surface area contributed by atoms with Crippen molar-refractivity contribution in [2.24, 2.45) is 0 Å². The molecule has 94 valence electrons. The van der Waals surface area contributed by atoms with Crippen molar-refractivity contribution in [3.05, 3.63) is 70.3 Å². The van der Waals surface area contributed by atoms with Gasteiger partial charge in [-0.1, -0.05) is 41.4 Å². The Morgan fingerprint density at radius 2 is 1.58 bits per heavy atom. The first-order chi connectivity index (χ1) is 9.18. The summed E-state index contributed by atoms with van der Waals surface area (Å²) in [6.45, 7) is 0. The maximum Gasteiger partial charge on any atom is 0.262 e. The molecule has 2 aromatic carbocycles. The van der Waals surface area contributed by atoms with Crippen LogP contribution < -0.4 is 0 Å². The first-order valence-corrected chi connectivity index (χ1v) is 6.49. The normalized spacial score (nSPS) is 10.8. The van der Waals surface area contributed by atoms with E-state index in [2.05, 4.69) is 0 Å². The quantitative estimate of drug-likeness (QED) is 0.640. The van der Waals surface area contributed by atoms with Gasteiger partial charge in [-0.15, -0.1) is 0 Å². The Bertz CT molecular complexity index is 762. The number of hydrogen-bond acceptors (Lipinski definition) is 1. The third-order valence-electron chi connectivity index (χ3n) is 2.99. The third-order valence-corrected chi connectivity index (χ3v) is 3.62. The molecule has 0 bridgehead atoms. The molecule has 2 nitrogen and oxygen atoms in total. The molecular formula is C15H9Cl2NO. The summed E-state index contributed by atoms with van der Waals surface area (Å²) in [4.78, 5) is 12.4. The highest BCUT2D eigenvalue weighted by Crippen LogP contribution is 2.31. The van der Waals surface area contributed by atoms with Gasteiger partial charge in [-0.05, 0) is 30.3 Å². The number of benzene rings is 2. The number of carbonyl (C=O) groups is 1. The van der Waals surface area contributed by atoms with Crippen LogP contribution >= 0.6 is 23.2 Å². The summed E-state index contributed by atoms with van der Waals surface area (Å²) < 4.78 is 1.53. The largest absolute Gasteiger partial charge is 0.282 e. The van der Waals surface area contributed by atoms with E-state index in [1.54, 1.807) is 36.5 Å². The second-order valence-electron chi connectivity index (χ2n) is 4.15. The van der Waals surface area contributed by atoms with Gasteiger partial charge in [-0.25, -0.2) is 0 Å². The molecule has 0 unspecified atom stereocenters. The summed E-state index contributed by atoms with van der Waals surface area (Å²) >= 11 is 12.3. The zero-order valence-corrected chi connectivity index (χ0v) is 11.3. The van der Waals surface area contributed by atoms with Gasteiger partial charge in [0.05, 0.1) is 15.6 Å². The van der Waals surface area contributed by atoms with Gasteiger partial charge >= 0.3 is 0 Å². The molecular weight excluding hydrogens is 281 g/mol. The first-order valence-electron chi connectivity index (χ1n) is 5.73. The van der Waals surface area contributed by atoms with Crippen molar-refractivity contribution in [1.29, 1.82) is 0 Å². The van der Waals surface area contributed by atoms with Crippen LogP contribution in [0.5, 0.6) is 0 Å². The second kappa shape index (κ2) is 4.72. The van der Waals surface area contributed by atoms with E-state index in [-0.39, 0.29) is 5.91 Å². The molecule has 0 spiro atoms. The van der Waals surface area contributed by atoms with Gasteiger partial charge < -0.3 is 0 Å². The lowest BCUT2D eigenvalue weighted by Gasteiger charge is -2.06. The van der Waals surface area contributed by atoms with Gasteiger partial charge in [-0.2, -0.15) is 0 Å². The molecule has 0 fully saturated rings. The predicted molar refractivity (Wildman–Crippen MR) is 78.1 cm³/mol. The zero-order valence-electron chi connectivity index (χ0n) is 9.81. The van der Waals surface area contributed by atoms with Crippen LogP contribution in [0.3, 0.4) is 0 Å². The molecule has 0 aliphatic heterocycles. The molecule has 0 aliphatic carbocycles. The molecule has 3 rings (SSSR count). The number of halogens is 2. The van der Waals surface area contributed by atoms with Gasteiger partial charge in [0.1, 0.15) is 0 Å². The van der Waals surface area contributed by atoms with Gasteiger partial charge in [0.2, 0.25) is 0 Å². The second-order valence-corrected chi connectivity index (χ2v) is 4.96. The topological polar surface area (TPSA) is 22.0 Å². The van der Waals surface area contributed by atoms with Crippen molar-refractivity contribution in [2.45, 2.75) is 0 Å². The van der Waals surface area contributed by atoms with E-state index in [1.165, 1.54) is 4.57 Å². The molecule has 19 heavy (non-hydrogen) atoms. The molecule has 0 aliphatic rings. The highest BCUT2D eigenvalue weighted by Gasteiger charge is 2.14. The van der Waals surface area contributed by atoms with Crippen LogP contribution in [0.25, 0.3) is 10.9 Å². The Kier molecular flexibility index (Phi) is 3.05. The van der Waals surface area contributed by atoms with Gasteiger partial charge in [0.15, 0.2) is 0 Å². The van der Waals surface area contributed by atoms with Crippen LogP contribution in [0.1, 0.15) is 10.4 Å².